The molecule has 3 nitrogen and oxygen atoms in total. The van der Waals surface area contributed by atoms with E-state index in [1.54, 1.807) is 12.1 Å². The Kier molecular flexibility index (Phi) is 3.04. The van der Waals surface area contributed by atoms with Gasteiger partial charge >= 0.3 is 0 Å². The summed E-state index contributed by atoms with van der Waals surface area (Å²) in [6.07, 6.45) is 5.58. The molecule has 0 aromatic heterocycles. The van der Waals surface area contributed by atoms with Gasteiger partial charge in [-0.3, -0.25) is 0 Å². The molecule has 2 fully saturated rings. The van der Waals surface area contributed by atoms with Crippen LogP contribution in [0.5, 0.6) is 11.5 Å². The number of hydrogen-bond donors (Lipinski definition) is 3. The second kappa shape index (κ2) is 4.49. The Balaban J connectivity index is 2.10. The Labute approximate surface area is 144 Å². The van der Waals surface area contributed by atoms with Gasteiger partial charge in [-0.1, -0.05) is 20.8 Å². The summed E-state index contributed by atoms with van der Waals surface area (Å²) in [5.41, 5.74) is 0.456. The van der Waals surface area contributed by atoms with E-state index in [1.165, 1.54) is 0 Å². The molecule has 1 spiro atoms. The monoisotopic (exact) mass is 330 g/mol. The third kappa shape index (κ3) is 1.49. The first-order chi connectivity index (χ1) is 11.1. The number of aliphatic hydroxyl groups is 1. The summed E-state index contributed by atoms with van der Waals surface area (Å²) in [5.74, 6) is 1.09. The van der Waals surface area contributed by atoms with Gasteiger partial charge in [-0.2, -0.15) is 0 Å². The minimum absolute atomic E-state index is 0.0525. The minimum atomic E-state index is -0.758. The molecular formula is C21H30O3. The molecule has 0 aliphatic heterocycles. The zero-order valence-corrected chi connectivity index (χ0v) is 15.3. The SMILES string of the molecule is C[C@@H]1CC[C@]2(C)[C@@]3(CCC[C@]2(C)O)c2c(O)ccc(O)c2C[C@@]13C. The average Bonchev–Trinajstić information content (AvgIpc) is 2.79. The molecule has 0 saturated heterocycles. The number of rotatable bonds is 0. The van der Waals surface area contributed by atoms with Gasteiger partial charge in [-0.05, 0) is 68.9 Å². The molecule has 3 aliphatic carbocycles. The van der Waals surface area contributed by atoms with Gasteiger partial charge in [0.25, 0.3) is 0 Å². The summed E-state index contributed by atoms with van der Waals surface area (Å²) in [6, 6.07) is 3.26. The zero-order valence-electron chi connectivity index (χ0n) is 15.3. The largest absolute Gasteiger partial charge is 0.508 e. The van der Waals surface area contributed by atoms with Crippen molar-refractivity contribution in [3.8, 4) is 11.5 Å². The van der Waals surface area contributed by atoms with Crippen LogP contribution in [0.15, 0.2) is 12.1 Å². The molecule has 0 amide bonds. The first kappa shape index (κ1) is 16.3. The Hall–Kier alpha value is -1.22. The highest BCUT2D eigenvalue weighted by atomic mass is 16.3. The van der Waals surface area contributed by atoms with E-state index in [9.17, 15) is 15.3 Å². The van der Waals surface area contributed by atoms with E-state index >= 15 is 0 Å². The van der Waals surface area contributed by atoms with E-state index < -0.39 is 5.60 Å². The van der Waals surface area contributed by atoms with Gasteiger partial charge in [0, 0.05) is 22.0 Å². The van der Waals surface area contributed by atoms with Crippen LogP contribution in [-0.2, 0) is 11.8 Å². The van der Waals surface area contributed by atoms with Crippen molar-refractivity contribution < 1.29 is 15.3 Å². The van der Waals surface area contributed by atoms with Gasteiger partial charge in [0.1, 0.15) is 11.5 Å². The van der Waals surface area contributed by atoms with Crippen molar-refractivity contribution in [2.75, 3.05) is 0 Å². The third-order valence-electron chi connectivity index (χ3n) is 8.72. The molecule has 2 saturated carbocycles. The van der Waals surface area contributed by atoms with Crippen molar-refractivity contribution in [1.82, 2.24) is 0 Å². The predicted octanol–water partition coefficient (Wildman–Crippen LogP) is 4.27. The van der Waals surface area contributed by atoms with Crippen molar-refractivity contribution >= 4 is 0 Å². The molecule has 0 unspecified atom stereocenters. The van der Waals surface area contributed by atoms with Gasteiger partial charge < -0.3 is 15.3 Å². The summed E-state index contributed by atoms with van der Waals surface area (Å²) < 4.78 is 0. The topological polar surface area (TPSA) is 60.7 Å². The van der Waals surface area contributed by atoms with Crippen molar-refractivity contribution in [3.05, 3.63) is 23.3 Å². The lowest BCUT2D eigenvalue weighted by atomic mass is 9.36. The van der Waals surface area contributed by atoms with Crippen molar-refractivity contribution in [1.29, 1.82) is 0 Å². The fourth-order valence-electron chi connectivity index (χ4n) is 7.01. The van der Waals surface area contributed by atoms with Crippen LogP contribution in [0.3, 0.4) is 0 Å². The fraction of sp³-hybridized carbons (Fsp3) is 0.714. The van der Waals surface area contributed by atoms with Crippen LogP contribution in [0, 0.1) is 16.7 Å². The lowest BCUT2D eigenvalue weighted by Gasteiger charge is -2.68. The summed E-state index contributed by atoms with van der Waals surface area (Å²) >= 11 is 0. The van der Waals surface area contributed by atoms with E-state index in [0.717, 1.165) is 49.7 Å². The molecule has 1 aromatic rings. The highest BCUT2D eigenvalue weighted by Crippen LogP contribution is 2.75. The molecule has 132 valence electrons. The molecule has 3 heteroatoms. The highest BCUT2D eigenvalue weighted by molar-refractivity contribution is 5.59. The van der Waals surface area contributed by atoms with Crippen molar-refractivity contribution in [2.45, 2.75) is 77.2 Å². The standard InChI is InChI=1S/C21H30O3/c1-13-8-11-19(3)20(4,24)9-5-10-21(19)17-14(12-18(13,21)2)15(22)6-7-16(17)23/h6-7,13,22-24H,5,8-12H2,1-4H3/t13-,18+,19+,20+,21+/m1/s1. The van der Waals surface area contributed by atoms with E-state index in [0.29, 0.717) is 17.4 Å². The quantitative estimate of drug-likeness (QED) is 0.623. The summed E-state index contributed by atoms with van der Waals surface area (Å²) in [4.78, 5) is 0. The molecular weight excluding hydrogens is 300 g/mol. The number of aromatic hydroxyl groups is 2. The molecule has 0 radical (unpaired) electrons. The maximum Gasteiger partial charge on any atom is 0.119 e. The molecule has 4 rings (SSSR count). The Morgan fingerprint density at radius 2 is 1.67 bits per heavy atom. The molecule has 24 heavy (non-hydrogen) atoms. The van der Waals surface area contributed by atoms with E-state index in [4.69, 9.17) is 0 Å². The second-order valence-electron chi connectivity index (χ2n) is 9.36. The van der Waals surface area contributed by atoms with Crippen LogP contribution in [0.4, 0.5) is 0 Å². The smallest absolute Gasteiger partial charge is 0.119 e. The number of phenolic OH excluding ortho intramolecular Hbond substituents is 2. The van der Waals surface area contributed by atoms with Crippen molar-refractivity contribution in [2.24, 2.45) is 16.7 Å². The van der Waals surface area contributed by atoms with Crippen molar-refractivity contribution in [3.63, 3.8) is 0 Å². The average molecular weight is 330 g/mol. The Morgan fingerprint density at radius 3 is 2.38 bits per heavy atom. The third-order valence-corrected chi connectivity index (χ3v) is 8.72. The van der Waals surface area contributed by atoms with Gasteiger partial charge in [0.15, 0.2) is 0 Å². The van der Waals surface area contributed by atoms with Crippen LogP contribution < -0.4 is 0 Å². The van der Waals surface area contributed by atoms with E-state index in [2.05, 4.69) is 20.8 Å². The molecule has 1 aromatic carbocycles. The second-order valence-corrected chi connectivity index (χ2v) is 9.36. The molecule has 3 aliphatic rings. The van der Waals surface area contributed by atoms with E-state index in [1.807, 2.05) is 6.92 Å². The fourth-order valence-corrected chi connectivity index (χ4v) is 7.01. The van der Waals surface area contributed by atoms with Crippen LogP contribution in [0.1, 0.15) is 70.9 Å². The Bertz CT molecular complexity index is 709. The predicted molar refractivity (Wildman–Crippen MR) is 94.2 cm³/mol. The summed E-state index contributed by atoms with van der Waals surface area (Å²) in [6.45, 7) is 8.86. The summed E-state index contributed by atoms with van der Waals surface area (Å²) in [7, 11) is 0. The normalized spacial score (nSPS) is 47.0. The molecule has 0 bridgehead atoms. The first-order valence-electron chi connectivity index (χ1n) is 9.37. The lowest BCUT2D eigenvalue weighted by molar-refractivity contribution is -0.204. The minimum Gasteiger partial charge on any atom is -0.508 e. The van der Waals surface area contributed by atoms with Gasteiger partial charge in [-0.15, -0.1) is 0 Å². The lowest BCUT2D eigenvalue weighted by Crippen LogP contribution is -2.68. The first-order valence-corrected chi connectivity index (χ1v) is 9.37. The number of fused-ring (bicyclic) bond motifs is 1. The number of benzene rings is 1. The van der Waals surface area contributed by atoms with Gasteiger partial charge in [-0.25, -0.2) is 0 Å². The summed E-state index contributed by atoms with van der Waals surface area (Å²) in [5, 5.41) is 32.8. The van der Waals surface area contributed by atoms with Crippen LogP contribution in [0.25, 0.3) is 0 Å². The number of phenols is 2. The van der Waals surface area contributed by atoms with Gasteiger partial charge in [0.2, 0.25) is 0 Å². The van der Waals surface area contributed by atoms with Crippen LogP contribution in [-0.4, -0.2) is 20.9 Å². The number of hydrogen-bond acceptors (Lipinski definition) is 3. The highest BCUT2D eigenvalue weighted by Gasteiger charge is 2.73. The van der Waals surface area contributed by atoms with E-state index in [-0.39, 0.29) is 16.2 Å². The zero-order chi connectivity index (χ0) is 17.5. The maximum absolute atomic E-state index is 11.4. The molecule has 3 N–H and O–H groups in total. The molecule has 0 heterocycles. The Morgan fingerprint density at radius 1 is 1.00 bits per heavy atom. The van der Waals surface area contributed by atoms with Crippen LogP contribution >= 0.6 is 0 Å². The maximum atomic E-state index is 11.4. The van der Waals surface area contributed by atoms with Gasteiger partial charge in [0.05, 0.1) is 5.60 Å². The van der Waals surface area contributed by atoms with Crippen LogP contribution in [0.2, 0.25) is 0 Å². The molecule has 5 atom stereocenters.